The molecule has 21 heavy (non-hydrogen) atoms. The van der Waals surface area contributed by atoms with E-state index in [0.29, 0.717) is 11.5 Å². The number of rotatable bonds is 5. The molecule has 0 aliphatic heterocycles. The second kappa shape index (κ2) is 6.02. The Bertz CT molecular complexity index is 634. The third kappa shape index (κ3) is 3.26. The number of aromatic nitrogens is 4. The van der Waals surface area contributed by atoms with E-state index in [4.69, 9.17) is 0 Å². The van der Waals surface area contributed by atoms with Gasteiger partial charge in [-0.3, -0.25) is 9.48 Å². The lowest BCUT2D eigenvalue weighted by Gasteiger charge is -2.14. The van der Waals surface area contributed by atoms with E-state index in [0.717, 1.165) is 0 Å². The molecular weight excluding hydrogens is 280 g/mol. The van der Waals surface area contributed by atoms with E-state index in [1.165, 1.54) is 10.7 Å². The molecule has 1 amide bonds. The van der Waals surface area contributed by atoms with Gasteiger partial charge in [-0.1, -0.05) is 0 Å². The summed E-state index contributed by atoms with van der Waals surface area (Å²) in [6.07, 6.45) is 0.766. The van der Waals surface area contributed by atoms with Gasteiger partial charge in [0.15, 0.2) is 0 Å². The van der Waals surface area contributed by atoms with Crippen molar-refractivity contribution in [2.45, 2.75) is 32.9 Å². The topological polar surface area (TPSA) is 64.7 Å². The number of alkyl halides is 2. The minimum Gasteiger partial charge on any atom is -0.347 e. The van der Waals surface area contributed by atoms with Crippen molar-refractivity contribution in [3.05, 3.63) is 35.7 Å². The molecule has 0 bridgehead atoms. The molecule has 6 nitrogen and oxygen atoms in total. The average molecular weight is 297 g/mol. The van der Waals surface area contributed by atoms with Crippen molar-refractivity contribution >= 4 is 5.91 Å². The standard InChI is InChI=1S/C13H17F2N5O/c1-8-6-10(12(14)15)18-20(8)9(2)13(21)17-7-11-16-4-5-19(11)3/h4-6,9,12H,7H2,1-3H3,(H,17,21)/t9-/m0/s1. The van der Waals surface area contributed by atoms with Crippen LogP contribution in [0.5, 0.6) is 0 Å². The highest BCUT2D eigenvalue weighted by Gasteiger charge is 2.21. The summed E-state index contributed by atoms with van der Waals surface area (Å²) in [7, 11) is 1.82. The smallest absolute Gasteiger partial charge is 0.282 e. The molecule has 0 aromatic carbocycles. The summed E-state index contributed by atoms with van der Waals surface area (Å²) in [5.41, 5.74) is 0.196. The highest BCUT2D eigenvalue weighted by molar-refractivity contribution is 5.79. The van der Waals surface area contributed by atoms with Crippen LogP contribution in [0, 0.1) is 6.92 Å². The Labute approximate surface area is 120 Å². The number of nitrogens with zero attached hydrogens (tertiary/aromatic N) is 4. The molecule has 0 saturated carbocycles. The van der Waals surface area contributed by atoms with Crippen LogP contribution in [0.15, 0.2) is 18.5 Å². The Morgan fingerprint density at radius 2 is 2.19 bits per heavy atom. The van der Waals surface area contributed by atoms with Gasteiger partial charge in [-0.05, 0) is 19.9 Å². The van der Waals surface area contributed by atoms with Gasteiger partial charge in [0.05, 0.1) is 6.54 Å². The van der Waals surface area contributed by atoms with Crippen LogP contribution < -0.4 is 5.32 Å². The predicted molar refractivity (Wildman–Crippen MR) is 71.7 cm³/mol. The van der Waals surface area contributed by atoms with Crippen molar-refractivity contribution in [3.8, 4) is 0 Å². The molecule has 2 rings (SSSR count). The minimum atomic E-state index is -2.65. The van der Waals surface area contributed by atoms with Gasteiger partial charge in [0.25, 0.3) is 6.43 Å². The van der Waals surface area contributed by atoms with Crippen LogP contribution in [0.25, 0.3) is 0 Å². The number of aryl methyl sites for hydroxylation is 2. The van der Waals surface area contributed by atoms with Gasteiger partial charge in [-0.2, -0.15) is 5.10 Å². The third-order valence-corrected chi connectivity index (χ3v) is 3.25. The molecule has 0 radical (unpaired) electrons. The van der Waals surface area contributed by atoms with E-state index >= 15 is 0 Å². The van der Waals surface area contributed by atoms with Crippen molar-refractivity contribution in [2.75, 3.05) is 0 Å². The van der Waals surface area contributed by atoms with E-state index < -0.39 is 12.5 Å². The number of imidazole rings is 1. The van der Waals surface area contributed by atoms with Crippen molar-refractivity contribution in [3.63, 3.8) is 0 Å². The number of carbonyl (C=O) groups excluding carboxylic acids is 1. The van der Waals surface area contributed by atoms with Gasteiger partial charge >= 0.3 is 0 Å². The monoisotopic (exact) mass is 297 g/mol. The SMILES string of the molecule is Cc1cc(C(F)F)nn1[C@@H](C)C(=O)NCc1nccn1C. The fourth-order valence-electron chi connectivity index (χ4n) is 2.00. The lowest BCUT2D eigenvalue weighted by atomic mass is 10.3. The van der Waals surface area contributed by atoms with Gasteiger partial charge in [0.1, 0.15) is 17.6 Å². The largest absolute Gasteiger partial charge is 0.347 e. The summed E-state index contributed by atoms with van der Waals surface area (Å²) in [4.78, 5) is 16.2. The molecule has 0 spiro atoms. The normalized spacial score (nSPS) is 12.7. The number of carbonyl (C=O) groups is 1. The molecule has 1 atom stereocenters. The van der Waals surface area contributed by atoms with Crippen LogP contribution >= 0.6 is 0 Å². The van der Waals surface area contributed by atoms with Gasteiger partial charge in [0, 0.05) is 25.1 Å². The van der Waals surface area contributed by atoms with Crippen LogP contribution in [0.2, 0.25) is 0 Å². The Morgan fingerprint density at radius 1 is 1.48 bits per heavy atom. The molecule has 1 N–H and O–H groups in total. The first-order valence-corrected chi connectivity index (χ1v) is 6.48. The van der Waals surface area contributed by atoms with E-state index in [9.17, 15) is 13.6 Å². The fraction of sp³-hybridized carbons (Fsp3) is 0.462. The molecule has 0 aliphatic carbocycles. The second-order valence-corrected chi connectivity index (χ2v) is 4.80. The Hall–Kier alpha value is -2.25. The maximum atomic E-state index is 12.6. The lowest BCUT2D eigenvalue weighted by molar-refractivity contribution is -0.124. The Balaban J connectivity index is 2.04. The molecular formula is C13H17F2N5O. The number of halogens is 2. The van der Waals surface area contributed by atoms with E-state index in [2.05, 4.69) is 15.4 Å². The second-order valence-electron chi connectivity index (χ2n) is 4.80. The highest BCUT2D eigenvalue weighted by atomic mass is 19.3. The quantitative estimate of drug-likeness (QED) is 0.914. The molecule has 114 valence electrons. The molecule has 2 aromatic heterocycles. The Morgan fingerprint density at radius 3 is 2.71 bits per heavy atom. The van der Waals surface area contributed by atoms with Gasteiger partial charge < -0.3 is 9.88 Å². The van der Waals surface area contributed by atoms with Crippen LogP contribution in [0.1, 0.15) is 36.6 Å². The first-order valence-electron chi connectivity index (χ1n) is 6.48. The predicted octanol–water partition coefficient (Wildman–Crippen LogP) is 1.74. The lowest BCUT2D eigenvalue weighted by Crippen LogP contribution is -2.32. The van der Waals surface area contributed by atoms with Crippen molar-refractivity contribution < 1.29 is 13.6 Å². The summed E-state index contributed by atoms with van der Waals surface area (Å²) < 4.78 is 28.3. The molecule has 0 fully saturated rings. The maximum absolute atomic E-state index is 12.6. The zero-order valence-electron chi connectivity index (χ0n) is 12.0. The molecule has 2 heterocycles. The van der Waals surface area contributed by atoms with Crippen LogP contribution in [0.3, 0.4) is 0 Å². The highest BCUT2D eigenvalue weighted by Crippen LogP contribution is 2.20. The molecule has 0 saturated heterocycles. The zero-order chi connectivity index (χ0) is 15.6. The number of hydrogen-bond acceptors (Lipinski definition) is 3. The van der Waals surface area contributed by atoms with Crippen LogP contribution in [-0.4, -0.2) is 25.2 Å². The molecule has 0 aliphatic rings. The van der Waals surface area contributed by atoms with E-state index in [-0.39, 0.29) is 18.1 Å². The summed E-state index contributed by atoms with van der Waals surface area (Å²) in [5.74, 6) is 0.408. The number of amides is 1. The van der Waals surface area contributed by atoms with Gasteiger partial charge in [-0.15, -0.1) is 0 Å². The van der Waals surface area contributed by atoms with Crippen LogP contribution in [-0.2, 0) is 18.4 Å². The van der Waals surface area contributed by atoms with E-state index in [1.807, 2.05) is 7.05 Å². The molecule has 2 aromatic rings. The third-order valence-electron chi connectivity index (χ3n) is 3.25. The molecule has 0 unspecified atom stereocenters. The number of nitrogens with one attached hydrogen (secondary N) is 1. The first-order chi connectivity index (χ1) is 9.90. The van der Waals surface area contributed by atoms with Gasteiger partial charge in [-0.25, -0.2) is 13.8 Å². The van der Waals surface area contributed by atoms with Crippen molar-refractivity contribution in [2.24, 2.45) is 7.05 Å². The number of hydrogen-bond donors (Lipinski definition) is 1. The summed E-state index contributed by atoms with van der Waals surface area (Å²) in [6, 6.07) is 0.616. The molecule has 8 heteroatoms. The zero-order valence-corrected chi connectivity index (χ0v) is 12.0. The van der Waals surface area contributed by atoms with Crippen molar-refractivity contribution in [1.82, 2.24) is 24.6 Å². The van der Waals surface area contributed by atoms with Gasteiger partial charge in [0.2, 0.25) is 5.91 Å². The van der Waals surface area contributed by atoms with Crippen LogP contribution in [0.4, 0.5) is 8.78 Å². The fourth-order valence-corrected chi connectivity index (χ4v) is 2.00. The summed E-state index contributed by atoms with van der Waals surface area (Å²) >= 11 is 0. The summed E-state index contributed by atoms with van der Waals surface area (Å²) in [6.45, 7) is 3.53. The van der Waals surface area contributed by atoms with E-state index in [1.54, 1.807) is 30.8 Å². The Kier molecular flexibility index (Phi) is 4.35. The first kappa shape index (κ1) is 15.1. The maximum Gasteiger partial charge on any atom is 0.282 e. The van der Waals surface area contributed by atoms with Crippen molar-refractivity contribution in [1.29, 1.82) is 0 Å². The average Bonchev–Trinajstić information content (AvgIpc) is 3.01. The minimum absolute atomic E-state index is 0.273. The summed E-state index contributed by atoms with van der Waals surface area (Å²) in [5, 5.41) is 6.50.